The Bertz CT molecular complexity index is 2240. The second-order valence-corrected chi connectivity index (χ2v) is 11.0. The molecule has 36 heavy (non-hydrogen) atoms. The second-order valence-electron chi connectivity index (χ2n) is 11.0. The summed E-state index contributed by atoms with van der Waals surface area (Å²) in [6, 6.07) is 34.2. The van der Waals surface area contributed by atoms with Crippen LogP contribution in [-0.4, -0.2) is 8.97 Å². The van der Waals surface area contributed by atoms with Gasteiger partial charge in [0.15, 0.2) is 0 Å². The number of aryl methyl sites for hydroxylation is 1. The van der Waals surface area contributed by atoms with Crippen LogP contribution in [0.2, 0.25) is 0 Å². The molecule has 0 amide bonds. The molecule has 9 rings (SSSR count). The summed E-state index contributed by atoms with van der Waals surface area (Å²) in [4.78, 5) is 0. The van der Waals surface area contributed by atoms with Crippen LogP contribution in [0.5, 0.6) is 0 Å². The topological polar surface area (TPSA) is 9.34 Å². The number of para-hydroxylation sites is 1. The van der Waals surface area contributed by atoms with E-state index in [0.29, 0.717) is 0 Å². The Kier molecular flexibility index (Phi) is 3.11. The van der Waals surface area contributed by atoms with Crippen molar-refractivity contribution in [3.05, 3.63) is 102 Å². The van der Waals surface area contributed by atoms with Crippen molar-refractivity contribution >= 4 is 59.9 Å². The van der Waals surface area contributed by atoms with Crippen LogP contribution in [0.15, 0.2) is 91.0 Å². The highest BCUT2D eigenvalue weighted by atomic mass is 15.0. The number of nitrogens with zero attached hydrogens (tertiary/aromatic N) is 2. The first-order valence-electron chi connectivity index (χ1n) is 12.8. The quantitative estimate of drug-likeness (QED) is 0.214. The van der Waals surface area contributed by atoms with E-state index in [1.54, 1.807) is 0 Å². The average molecular weight is 461 g/mol. The first-order chi connectivity index (χ1) is 17.6. The molecule has 2 nitrogen and oxygen atoms in total. The van der Waals surface area contributed by atoms with Gasteiger partial charge in [0.05, 0.1) is 22.1 Å². The largest absolute Gasteiger partial charge is 0.344 e. The molecule has 8 aromatic rings. The summed E-state index contributed by atoms with van der Waals surface area (Å²) in [6.45, 7) is 4.74. The van der Waals surface area contributed by atoms with Crippen molar-refractivity contribution in [1.29, 1.82) is 0 Å². The summed E-state index contributed by atoms with van der Waals surface area (Å²) in [5.74, 6) is 0. The van der Waals surface area contributed by atoms with Crippen molar-refractivity contribution in [3.8, 4) is 11.1 Å². The van der Waals surface area contributed by atoms with Crippen molar-refractivity contribution in [2.75, 3.05) is 0 Å². The Hall–Kier alpha value is -4.30. The van der Waals surface area contributed by atoms with Crippen molar-refractivity contribution in [1.82, 2.24) is 8.97 Å². The van der Waals surface area contributed by atoms with Crippen molar-refractivity contribution in [2.45, 2.75) is 19.3 Å². The predicted molar refractivity (Wildman–Crippen MR) is 153 cm³/mol. The van der Waals surface area contributed by atoms with Crippen molar-refractivity contribution in [3.63, 3.8) is 0 Å². The first kappa shape index (κ1) is 19.0. The predicted octanol–water partition coefficient (Wildman–Crippen LogP) is 8.79. The van der Waals surface area contributed by atoms with Crippen molar-refractivity contribution < 1.29 is 0 Å². The van der Waals surface area contributed by atoms with Gasteiger partial charge < -0.3 is 8.97 Å². The molecule has 5 aromatic carbocycles. The summed E-state index contributed by atoms with van der Waals surface area (Å²) in [5, 5.41) is 8.08. The van der Waals surface area contributed by atoms with Gasteiger partial charge in [-0.25, -0.2) is 0 Å². The molecule has 0 spiro atoms. The maximum atomic E-state index is 2.55. The number of rotatable bonds is 0. The lowest BCUT2D eigenvalue weighted by molar-refractivity contribution is 0.661. The Morgan fingerprint density at radius 1 is 0.528 bits per heavy atom. The molecule has 0 N–H and O–H groups in total. The minimum Gasteiger partial charge on any atom is -0.344 e. The lowest BCUT2D eigenvalue weighted by Gasteiger charge is -2.21. The second kappa shape index (κ2) is 5.91. The zero-order chi connectivity index (χ0) is 23.9. The van der Waals surface area contributed by atoms with E-state index in [4.69, 9.17) is 0 Å². The lowest BCUT2D eigenvalue weighted by Crippen LogP contribution is -2.14. The van der Waals surface area contributed by atoms with Gasteiger partial charge in [-0.3, -0.25) is 0 Å². The molecule has 3 heterocycles. The Morgan fingerprint density at radius 2 is 1.19 bits per heavy atom. The Balaban J connectivity index is 1.67. The van der Waals surface area contributed by atoms with Gasteiger partial charge in [-0.15, -0.1) is 0 Å². The number of aromatic nitrogens is 2. The molecular weight excluding hydrogens is 436 g/mol. The van der Waals surface area contributed by atoms with Gasteiger partial charge in [-0.05, 0) is 51.9 Å². The van der Waals surface area contributed by atoms with Crippen LogP contribution >= 0.6 is 0 Å². The van der Waals surface area contributed by atoms with Crippen LogP contribution in [-0.2, 0) is 12.5 Å². The Labute approximate surface area is 208 Å². The van der Waals surface area contributed by atoms with Gasteiger partial charge in [-0.2, -0.15) is 0 Å². The Morgan fingerprint density at radius 3 is 2.08 bits per heavy atom. The van der Waals surface area contributed by atoms with Gasteiger partial charge in [0.2, 0.25) is 0 Å². The number of benzene rings is 5. The van der Waals surface area contributed by atoms with Gasteiger partial charge in [0, 0.05) is 44.9 Å². The number of hydrogen-bond donors (Lipinski definition) is 0. The van der Waals surface area contributed by atoms with Crippen LogP contribution < -0.4 is 0 Å². The van der Waals surface area contributed by atoms with Crippen molar-refractivity contribution in [2.24, 2.45) is 7.05 Å². The minimum atomic E-state index is -0.0125. The third kappa shape index (κ3) is 1.89. The molecule has 0 atom stereocenters. The molecule has 0 aliphatic heterocycles. The maximum Gasteiger partial charge on any atom is 0.0620 e. The fourth-order valence-corrected chi connectivity index (χ4v) is 7.50. The summed E-state index contributed by atoms with van der Waals surface area (Å²) < 4.78 is 4.90. The monoisotopic (exact) mass is 460 g/mol. The highest BCUT2D eigenvalue weighted by Gasteiger charge is 2.37. The van der Waals surface area contributed by atoms with E-state index in [1.165, 1.54) is 82.2 Å². The fraction of sp³-hybridized carbons (Fsp3) is 0.118. The molecule has 0 saturated carbocycles. The van der Waals surface area contributed by atoms with E-state index in [0.717, 1.165) is 0 Å². The molecule has 1 aliphatic rings. The molecule has 2 heteroatoms. The van der Waals surface area contributed by atoms with E-state index in [9.17, 15) is 0 Å². The zero-order valence-electron chi connectivity index (χ0n) is 20.6. The molecular formula is C34H24N2. The molecule has 0 unspecified atom stereocenters. The standard InChI is InChI=1S/C34H24N2/c1-34(2)23-13-5-4-9-21(23)29-24(34)17-18-28-31(29)22-12-6-11-20-19-10-7-14-25-30(19)32-26(35(25)3)15-8-16-27(32)36(28)33(20)22/h4-18H,1-3H3. The van der Waals surface area contributed by atoms with Gasteiger partial charge >= 0.3 is 0 Å². The van der Waals surface area contributed by atoms with Gasteiger partial charge in [0.25, 0.3) is 0 Å². The van der Waals surface area contributed by atoms with Crippen LogP contribution in [0.25, 0.3) is 71.0 Å². The number of fused-ring (bicyclic) bond motifs is 9. The lowest BCUT2D eigenvalue weighted by atomic mass is 9.82. The highest BCUT2D eigenvalue weighted by molar-refractivity contribution is 6.32. The number of hydrogen-bond acceptors (Lipinski definition) is 0. The average Bonchev–Trinajstić information content (AvgIpc) is 3.44. The fourth-order valence-electron chi connectivity index (χ4n) is 7.50. The van der Waals surface area contributed by atoms with Gasteiger partial charge in [-0.1, -0.05) is 80.6 Å². The first-order valence-corrected chi connectivity index (χ1v) is 12.8. The summed E-state index contributed by atoms with van der Waals surface area (Å²) in [6.07, 6.45) is 0. The van der Waals surface area contributed by atoms with E-state index in [-0.39, 0.29) is 5.41 Å². The molecule has 0 radical (unpaired) electrons. The van der Waals surface area contributed by atoms with Crippen LogP contribution in [0, 0.1) is 0 Å². The minimum absolute atomic E-state index is 0.0125. The SMILES string of the molecule is Cn1c2cccc3c4cccc5c6c7c(ccc6n(c6cccc1c6c32)c45)C(C)(C)c1ccccc1-7. The summed E-state index contributed by atoms with van der Waals surface area (Å²) >= 11 is 0. The zero-order valence-corrected chi connectivity index (χ0v) is 20.6. The van der Waals surface area contributed by atoms with Crippen LogP contribution in [0.3, 0.4) is 0 Å². The molecule has 170 valence electrons. The molecule has 0 bridgehead atoms. The smallest absolute Gasteiger partial charge is 0.0620 e. The normalized spacial score (nSPS) is 14.8. The highest BCUT2D eigenvalue weighted by Crippen LogP contribution is 2.53. The van der Waals surface area contributed by atoms with E-state index < -0.39 is 0 Å². The van der Waals surface area contributed by atoms with E-state index in [2.05, 4.69) is 121 Å². The van der Waals surface area contributed by atoms with Gasteiger partial charge in [0.1, 0.15) is 0 Å². The molecule has 0 fully saturated rings. The molecule has 0 saturated heterocycles. The van der Waals surface area contributed by atoms with Crippen LogP contribution in [0.4, 0.5) is 0 Å². The summed E-state index contributed by atoms with van der Waals surface area (Å²) in [5.41, 5.74) is 12.1. The molecule has 1 aliphatic carbocycles. The molecule has 3 aromatic heterocycles. The van der Waals surface area contributed by atoms with Crippen LogP contribution in [0.1, 0.15) is 25.0 Å². The maximum absolute atomic E-state index is 2.55. The third-order valence-electron chi connectivity index (χ3n) is 9.06. The van der Waals surface area contributed by atoms with E-state index >= 15 is 0 Å². The van der Waals surface area contributed by atoms with E-state index in [1.807, 2.05) is 0 Å². The third-order valence-corrected chi connectivity index (χ3v) is 9.06. The summed E-state index contributed by atoms with van der Waals surface area (Å²) in [7, 11) is 2.20.